The smallest absolute Gasteiger partial charge is 0.226 e. The molecule has 0 fully saturated rings. The second-order valence-corrected chi connectivity index (χ2v) is 5.79. The molecule has 2 aromatic rings. The zero-order chi connectivity index (χ0) is 15.2. The van der Waals surface area contributed by atoms with Crippen LogP contribution >= 0.6 is 0 Å². The molecule has 21 heavy (non-hydrogen) atoms. The van der Waals surface area contributed by atoms with Gasteiger partial charge in [0.05, 0.1) is 12.1 Å². The number of benzene rings is 1. The molecule has 0 aliphatic rings. The SMILES string of the molecule is CC(C)CCN(C)C(=O)Cc1ccc(-n2cccn2)cc1. The van der Waals surface area contributed by atoms with Crippen LogP contribution in [-0.2, 0) is 11.2 Å². The van der Waals surface area contributed by atoms with Gasteiger partial charge in [-0.05, 0) is 36.1 Å². The quantitative estimate of drug-likeness (QED) is 0.818. The molecule has 1 aromatic heterocycles. The highest BCUT2D eigenvalue weighted by atomic mass is 16.2. The van der Waals surface area contributed by atoms with Crippen molar-refractivity contribution in [3.05, 3.63) is 48.3 Å². The van der Waals surface area contributed by atoms with Crippen LogP contribution in [0.4, 0.5) is 0 Å². The fraction of sp³-hybridized carbons (Fsp3) is 0.412. The number of likely N-dealkylation sites (N-methyl/N-ethyl adjacent to an activating group) is 1. The summed E-state index contributed by atoms with van der Waals surface area (Å²) in [5.74, 6) is 0.788. The van der Waals surface area contributed by atoms with E-state index in [2.05, 4.69) is 18.9 Å². The van der Waals surface area contributed by atoms with E-state index < -0.39 is 0 Å². The Labute approximate surface area is 126 Å². The van der Waals surface area contributed by atoms with Gasteiger partial charge in [0, 0.05) is 26.0 Å². The summed E-state index contributed by atoms with van der Waals surface area (Å²) in [7, 11) is 1.88. The largest absolute Gasteiger partial charge is 0.345 e. The van der Waals surface area contributed by atoms with Crippen LogP contribution in [0.15, 0.2) is 42.7 Å². The highest BCUT2D eigenvalue weighted by Crippen LogP contribution is 2.10. The number of hydrogen-bond acceptors (Lipinski definition) is 2. The molecule has 1 heterocycles. The van der Waals surface area contributed by atoms with Gasteiger partial charge in [-0.1, -0.05) is 26.0 Å². The highest BCUT2D eigenvalue weighted by Gasteiger charge is 2.10. The second-order valence-electron chi connectivity index (χ2n) is 5.79. The Hall–Kier alpha value is -2.10. The molecule has 2 rings (SSSR count). The molecular formula is C17H23N3O. The monoisotopic (exact) mass is 285 g/mol. The Bertz CT molecular complexity index is 558. The molecule has 0 N–H and O–H groups in total. The molecular weight excluding hydrogens is 262 g/mol. The Kier molecular flexibility index (Phi) is 5.14. The molecule has 112 valence electrons. The van der Waals surface area contributed by atoms with Crippen LogP contribution in [0.1, 0.15) is 25.8 Å². The standard InChI is InChI=1S/C17H23N3O/c1-14(2)9-12-19(3)17(21)13-15-5-7-16(8-6-15)20-11-4-10-18-20/h4-8,10-11,14H,9,12-13H2,1-3H3. The fourth-order valence-corrected chi connectivity index (χ4v) is 2.07. The molecule has 4 heteroatoms. The van der Waals surface area contributed by atoms with Crippen LogP contribution in [0.3, 0.4) is 0 Å². The maximum absolute atomic E-state index is 12.1. The summed E-state index contributed by atoms with van der Waals surface area (Å²) in [6, 6.07) is 9.85. The maximum Gasteiger partial charge on any atom is 0.226 e. The first-order valence-electron chi connectivity index (χ1n) is 7.39. The van der Waals surface area contributed by atoms with Gasteiger partial charge in [-0.25, -0.2) is 4.68 Å². The minimum atomic E-state index is 0.169. The van der Waals surface area contributed by atoms with E-state index in [9.17, 15) is 4.79 Å². The van der Waals surface area contributed by atoms with Crippen molar-refractivity contribution in [3.63, 3.8) is 0 Å². The van der Waals surface area contributed by atoms with Crippen LogP contribution in [0.5, 0.6) is 0 Å². The summed E-state index contributed by atoms with van der Waals surface area (Å²) in [6.45, 7) is 5.17. The fourth-order valence-electron chi connectivity index (χ4n) is 2.07. The van der Waals surface area contributed by atoms with E-state index >= 15 is 0 Å². The number of hydrogen-bond donors (Lipinski definition) is 0. The van der Waals surface area contributed by atoms with Gasteiger partial charge in [0.15, 0.2) is 0 Å². The highest BCUT2D eigenvalue weighted by molar-refractivity contribution is 5.78. The lowest BCUT2D eigenvalue weighted by Crippen LogP contribution is -2.29. The Balaban J connectivity index is 1.92. The van der Waals surface area contributed by atoms with Gasteiger partial charge in [-0.15, -0.1) is 0 Å². The lowest BCUT2D eigenvalue weighted by molar-refractivity contribution is -0.129. The molecule has 0 unspecified atom stereocenters. The van der Waals surface area contributed by atoms with E-state index in [1.807, 2.05) is 48.5 Å². The molecule has 1 amide bonds. The Morgan fingerprint density at radius 1 is 1.29 bits per heavy atom. The van der Waals surface area contributed by atoms with Crippen molar-refractivity contribution in [1.29, 1.82) is 0 Å². The van der Waals surface area contributed by atoms with Gasteiger partial charge >= 0.3 is 0 Å². The average Bonchev–Trinajstić information content (AvgIpc) is 2.99. The van der Waals surface area contributed by atoms with Crippen LogP contribution in [0.2, 0.25) is 0 Å². The molecule has 1 aromatic carbocycles. The summed E-state index contributed by atoms with van der Waals surface area (Å²) in [5.41, 5.74) is 2.04. The molecule has 4 nitrogen and oxygen atoms in total. The second kappa shape index (κ2) is 7.07. The molecule has 0 saturated carbocycles. The van der Waals surface area contributed by atoms with Gasteiger partial charge in [0.2, 0.25) is 5.91 Å². The van der Waals surface area contributed by atoms with Crippen molar-refractivity contribution in [1.82, 2.24) is 14.7 Å². The van der Waals surface area contributed by atoms with Gasteiger partial charge < -0.3 is 4.90 Å². The van der Waals surface area contributed by atoms with Gasteiger partial charge in [0.25, 0.3) is 0 Å². The first kappa shape index (κ1) is 15.3. The van der Waals surface area contributed by atoms with Crippen LogP contribution < -0.4 is 0 Å². The zero-order valence-corrected chi connectivity index (χ0v) is 13.0. The van der Waals surface area contributed by atoms with Crippen molar-refractivity contribution in [3.8, 4) is 5.69 Å². The van der Waals surface area contributed by atoms with Gasteiger partial charge in [-0.3, -0.25) is 4.79 Å². The van der Waals surface area contributed by atoms with Crippen LogP contribution in [0, 0.1) is 5.92 Å². The minimum Gasteiger partial charge on any atom is -0.345 e. The maximum atomic E-state index is 12.1. The zero-order valence-electron chi connectivity index (χ0n) is 13.0. The van der Waals surface area contributed by atoms with Crippen molar-refractivity contribution < 1.29 is 4.79 Å². The van der Waals surface area contributed by atoms with E-state index in [-0.39, 0.29) is 5.91 Å². The Morgan fingerprint density at radius 2 is 2.00 bits per heavy atom. The molecule has 0 spiro atoms. The van der Waals surface area contributed by atoms with Crippen molar-refractivity contribution >= 4 is 5.91 Å². The first-order chi connectivity index (χ1) is 10.1. The average molecular weight is 285 g/mol. The number of aromatic nitrogens is 2. The lowest BCUT2D eigenvalue weighted by atomic mass is 10.1. The van der Waals surface area contributed by atoms with Gasteiger partial charge in [0.1, 0.15) is 0 Å². The van der Waals surface area contributed by atoms with E-state index in [1.165, 1.54) is 0 Å². The number of nitrogens with zero attached hydrogens (tertiary/aromatic N) is 3. The van der Waals surface area contributed by atoms with Gasteiger partial charge in [-0.2, -0.15) is 5.10 Å². The molecule has 0 saturated heterocycles. The third-order valence-electron chi connectivity index (χ3n) is 3.53. The van der Waals surface area contributed by atoms with Crippen LogP contribution in [-0.4, -0.2) is 34.2 Å². The number of carbonyl (C=O) groups is 1. The lowest BCUT2D eigenvalue weighted by Gasteiger charge is -2.18. The predicted octanol–water partition coefficient (Wildman–Crippen LogP) is 2.92. The predicted molar refractivity (Wildman–Crippen MR) is 84.4 cm³/mol. The van der Waals surface area contributed by atoms with Crippen molar-refractivity contribution in [2.24, 2.45) is 5.92 Å². The number of amides is 1. The molecule has 0 bridgehead atoms. The van der Waals surface area contributed by atoms with Crippen molar-refractivity contribution in [2.45, 2.75) is 26.7 Å². The summed E-state index contributed by atoms with van der Waals surface area (Å²) < 4.78 is 1.81. The third-order valence-corrected chi connectivity index (χ3v) is 3.53. The molecule has 0 radical (unpaired) electrons. The summed E-state index contributed by atoms with van der Waals surface area (Å²) in [6.07, 6.45) is 5.15. The molecule has 0 aliphatic heterocycles. The Morgan fingerprint density at radius 3 is 2.57 bits per heavy atom. The van der Waals surface area contributed by atoms with E-state index in [0.717, 1.165) is 24.2 Å². The van der Waals surface area contributed by atoms with Crippen molar-refractivity contribution in [2.75, 3.05) is 13.6 Å². The van der Waals surface area contributed by atoms with E-state index in [4.69, 9.17) is 0 Å². The summed E-state index contributed by atoms with van der Waals surface area (Å²) in [4.78, 5) is 14.0. The number of rotatable bonds is 6. The molecule has 0 atom stereocenters. The summed E-state index contributed by atoms with van der Waals surface area (Å²) in [5, 5.41) is 4.19. The number of carbonyl (C=O) groups excluding carboxylic acids is 1. The molecule has 0 aliphatic carbocycles. The first-order valence-corrected chi connectivity index (χ1v) is 7.39. The van der Waals surface area contributed by atoms with E-state index in [1.54, 1.807) is 10.9 Å². The van der Waals surface area contributed by atoms with E-state index in [0.29, 0.717) is 12.3 Å². The minimum absolute atomic E-state index is 0.169. The topological polar surface area (TPSA) is 38.1 Å². The summed E-state index contributed by atoms with van der Waals surface area (Å²) >= 11 is 0. The normalized spacial score (nSPS) is 10.9. The third kappa shape index (κ3) is 4.45. The van der Waals surface area contributed by atoms with Crippen LogP contribution in [0.25, 0.3) is 5.69 Å².